The van der Waals surface area contributed by atoms with E-state index in [-0.39, 0.29) is 5.57 Å². The number of aliphatic hydroxyl groups is 1. The summed E-state index contributed by atoms with van der Waals surface area (Å²) >= 11 is 0. The van der Waals surface area contributed by atoms with Gasteiger partial charge in [-0.15, -0.1) is 0 Å². The number of carbonyl (C=O) groups excluding carboxylic acids is 2. The lowest BCUT2D eigenvalue weighted by atomic mass is 10.3. The summed E-state index contributed by atoms with van der Waals surface area (Å²) in [5.74, 6) is -1.00. The molecule has 0 atom stereocenters. The molecule has 5 nitrogen and oxygen atoms in total. The van der Waals surface area contributed by atoms with Gasteiger partial charge in [0.1, 0.15) is 0 Å². The molecule has 0 heterocycles. The fraction of sp³-hybridized carbons (Fsp3) is 0.200. The second-order valence-electron chi connectivity index (χ2n) is 1.47. The van der Waals surface area contributed by atoms with Gasteiger partial charge in [0.2, 0.25) is 0 Å². The van der Waals surface area contributed by atoms with Crippen molar-refractivity contribution >= 4 is 12.1 Å². The molecule has 0 saturated carbocycles. The van der Waals surface area contributed by atoms with E-state index in [1.165, 1.54) is 0 Å². The van der Waals surface area contributed by atoms with E-state index in [2.05, 4.69) is 17.0 Å². The van der Waals surface area contributed by atoms with Crippen LogP contribution >= 0.6 is 0 Å². The zero-order chi connectivity index (χ0) is 8.15. The molecule has 0 unspecified atom stereocenters. The van der Waals surface area contributed by atoms with Crippen molar-refractivity contribution in [2.75, 3.05) is 6.61 Å². The number of ether oxygens (including phenoxy) is 1. The third-order valence-electron chi connectivity index (χ3n) is 0.673. The summed E-state index contributed by atoms with van der Waals surface area (Å²) in [5.41, 5.74) is 4.27. The molecule has 0 fully saturated rings. The van der Waals surface area contributed by atoms with Crippen LogP contribution in [0.5, 0.6) is 0 Å². The van der Waals surface area contributed by atoms with E-state index in [1.807, 2.05) is 0 Å². The highest BCUT2D eigenvalue weighted by Gasteiger charge is 2.09. The second kappa shape index (κ2) is 3.62. The van der Waals surface area contributed by atoms with E-state index in [0.29, 0.717) is 0 Å². The number of nitrogens with two attached hydrogens (primary N) is 1. The van der Waals surface area contributed by atoms with Crippen LogP contribution in [-0.2, 0) is 9.53 Å². The SMILES string of the molecule is C=C(CO)C(=O)OC(N)=O. The highest BCUT2D eigenvalue weighted by Crippen LogP contribution is 1.91. The molecular formula is C5H7NO4. The van der Waals surface area contributed by atoms with Crippen molar-refractivity contribution in [3.63, 3.8) is 0 Å². The van der Waals surface area contributed by atoms with Gasteiger partial charge in [-0.3, -0.25) is 0 Å². The minimum absolute atomic E-state index is 0.209. The van der Waals surface area contributed by atoms with Crippen molar-refractivity contribution < 1.29 is 19.4 Å². The lowest BCUT2D eigenvalue weighted by Gasteiger charge is -1.97. The second-order valence-corrected chi connectivity index (χ2v) is 1.47. The van der Waals surface area contributed by atoms with Gasteiger partial charge in [-0.05, 0) is 0 Å². The van der Waals surface area contributed by atoms with Crippen LogP contribution in [0.25, 0.3) is 0 Å². The van der Waals surface area contributed by atoms with Gasteiger partial charge in [-0.25, -0.2) is 9.59 Å². The molecule has 0 aromatic heterocycles. The summed E-state index contributed by atoms with van der Waals surface area (Å²) < 4.78 is 3.84. The molecule has 5 heteroatoms. The molecule has 0 radical (unpaired) electrons. The minimum atomic E-state index is -1.21. The molecule has 0 bridgehead atoms. The Bertz CT molecular complexity index is 174. The first-order valence-corrected chi connectivity index (χ1v) is 2.38. The first kappa shape index (κ1) is 8.64. The summed E-state index contributed by atoms with van der Waals surface area (Å²) in [6.07, 6.45) is -1.21. The van der Waals surface area contributed by atoms with E-state index >= 15 is 0 Å². The standard InChI is InChI=1S/C5H7NO4/c1-3(2-7)4(8)10-5(6)9/h7H,1-2H2,(H2,6,9). The fourth-order valence-electron chi connectivity index (χ4n) is 0.228. The van der Waals surface area contributed by atoms with Gasteiger partial charge in [0.15, 0.2) is 0 Å². The van der Waals surface area contributed by atoms with Crippen molar-refractivity contribution in [2.24, 2.45) is 5.73 Å². The number of rotatable bonds is 2. The van der Waals surface area contributed by atoms with E-state index in [9.17, 15) is 9.59 Å². The van der Waals surface area contributed by atoms with Crippen LogP contribution in [0.2, 0.25) is 0 Å². The zero-order valence-corrected chi connectivity index (χ0v) is 5.16. The fourth-order valence-corrected chi connectivity index (χ4v) is 0.228. The van der Waals surface area contributed by atoms with Gasteiger partial charge in [0.25, 0.3) is 0 Å². The van der Waals surface area contributed by atoms with Crippen LogP contribution in [0.3, 0.4) is 0 Å². The number of hydrogen-bond donors (Lipinski definition) is 2. The Morgan fingerprint density at radius 2 is 2.10 bits per heavy atom. The molecule has 0 aromatic carbocycles. The third kappa shape index (κ3) is 2.83. The highest BCUT2D eigenvalue weighted by molar-refractivity contribution is 5.94. The predicted octanol–water partition coefficient (Wildman–Crippen LogP) is -0.843. The number of aliphatic hydroxyl groups excluding tert-OH is 1. The number of primary amides is 1. The summed E-state index contributed by atoms with van der Waals surface area (Å²) in [6.45, 7) is 2.54. The van der Waals surface area contributed by atoms with Crippen molar-refractivity contribution in [3.05, 3.63) is 12.2 Å². The quantitative estimate of drug-likeness (QED) is 0.301. The number of esters is 1. The van der Waals surface area contributed by atoms with Crippen molar-refractivity contribution in [1.29, 1.82) is 0 Å². The van der Waals surface area contributed by atoms with E-state index in [1.54, 1.807) is 0 Å². The monoisotopic (exact) mass is 145 g/mol. The van der Waals surface area contributed by atoms with E-state index < -0.39 is 18.7 Å². The summed E-state index contributed by atoms with van der Waals surface area (Å²) in [6, 6.07) is 0. The Kier molecular flexibility index (Phi) is 3.13. The van der Waals surface area contributed by atoms with Crippen LogP contribution in [0, 0.1) is 0 Å². The summed E-state index contributed by atoms with van der Waals surface area (Å²) in [7, 11) is 0. The Morgan fingerprint density at radius 3 is 2.40 bits per heavy atom. The van der Waals surface area contributed by atoms with Crippen LogP contribution < -0.4 is 5.73 Å². The molecule has 0 rings (SSSR count). The molecule has 56 valence electrons. The maximum atomic E-state index is 10.4. The molecule has 0 saturated heterocycles. The number of carbonyl (C=O) groups is 2. The zero-order valence-electron chi connectivity index (χ0n) is 5.16. The molecule has 1 amide bonds. The van der Waals surface area contributed by atoms with E-state index in [4.69, 9.17) is 5.11 Å². The molecule has 3 N–H and O–H groups in total. The van der Waals surface area contributed by atoms with Crippen LogP contribution in [0.15, 0.2) is 12.2 Å². The lowest BCUT2D eigenvalue weighted by molar-refractivity contribution is -0.133. The predicted molar refractivity (Wildman–Crippen MR) is 31.9 cm³/mol. The minimum Gasteiger partial charge on any atom is -0.391 e. The number of hydrogen-bond acceptors (Lipinski definition) is 4. The van der Waals surface area contributed by atoms with Gasteiger partial charge in [0, 0.05) is 0 Å². The first-order valence-electron chi connectivity index (χ1n) is 2.38. The Balaban J connectivity index is 3.86. The molecule has 0 aliphatic rings. The molecule has 0 aliphatic carbocycles. The largest absolute Gasteiger partial charge is 0.412 e. The van der Waals surface area contributed by atoms with Gasteiger partial charge < -0.3 is 15.6 Å². The van der Waals surface area contributed by atoms with Gasteiger partial charge in [-0.1, -0.05) is 6.58 Å². The average molecular weight is 145 g/mol. The van der Waals surface area contributed by atoms with Crippen LogP contribution in [-0.4, -0.2) is 23.8 Å². The molecular weight excluding hydrogens is 138 g/mol. The number of amides is 1. The smallest absolute Gasteiger partial charge is 0.391 e. The van der Waals surface area contributed by atoms with Gasteiger partial charge in [-0.2, -0.15) is 0 Å². The molecule has 0 aliphatic heterocycles. The molecule has 0 aromatic rings. The molecule has 10 heavy (non-hydrogen) atoms. The van der Waals surface area contributed by atoms with Gasteiger partial charge >= 0.3 is 12.1 Å². The maximum Gasteiger partial charge on any atom is 0.412 e. The average Bonchev–Trinajstić information content (AvgIpc) is 1.85. The first-order chi connectivity index (χ1) is 4.57. The Morgan fingerprint density at radius 1 is 1.60 bits per heavy atom. The van der Waals surface area contributed by atoms with Gasteiger partial charge in [0.05, 0.1) is 12.2 Å². The normalized spacial score (nSPS) is 8.50. The summed E-state index contributed by atoms with van der Waals surface area (Å²) in [5, 5.41) is 8.27. The maximum absolute atomic E-state index is 10.4. The Hall–Kier alpha value is -1.36. The topological polar surface area (TPSA) is 89.6 Å². The van der Waals surface area contributed by atoms with E-state index in [0.717, 1.165) is 0 Å². The van der Waals surface area contributed by atoms with Crippen molar-refractivity contribution in [2.45, 2.75) is 0 Å². The third-order valence-corrected chi connectivity index (χ3v) is 0.673. The van der Waals surface area contributed by atoms with Crippen molar-refractivity contribution in [3.8, 4) is 0 Å². The lowest BCUT2D eigenvalue weighted by Crippen LogP contribution is -2.20. The highest BCUT2D eigenvalue weighted by atomic mass is 16.6. The van der Waals surface area contributed by atoms with Crippen LogP contribution in [0.4, 0.5) is 4.79 Å². The Labute approximate surface area is 57.1 Å². The van der Waals surface area contributed by atoms with Crippen molar-refractivity contribution in [1.82, 2.24) is 0 Å². The summed E-state index contributed by atoms with van der Waals surface area (Å²) in [4.78, 5) is 20.3. The van der Waals surface area contributed by atoms with Crippen LogP contribution in [0.1, 0.15) is 0 Å². The molecule has 0 spiro atoms.